The van der Waals surface area contributed by atoms with Crippen molar-refractivity contribution < 1.29 is 9.53 Å². The van der Waals surface area contributed by atoms with Crippen molar-refractivity contribution in [3.63, 3.8) is 0 Å². The first-order valence-electron chi connectivity index (χ1n) is 7.72. The average Bonchev–Trinajstić information content (AvgIpc) is 2.98. The highest BCUT2D eigenvalue weighted by Gasteiger charge is 2.11. The fraction of sp³-hybridized carbons (Fsp3) is 0.158. The Kier molecular flexibility index (Phi) is 5.46. The summed E-state index contributed by atoms with van der Waals surface area (Å²) in [4.78, 5) is 11.8. The van der Waals surface area contributed by atoms with E-state index in [2.05, 4.69) is 5.10 Å². The highest BCUT2D eigenvalue weighted by molar-refractivity contribution is 7.99. The SMILES string of the molecule is CC(=O)OCSc1ccc(-c2cc(Cl)nn2-c2ccc(C)cc2)cc1. The van der Waals surface area contributed by atoms with Crippen LogP contribution >= 0.6 is 23.4 Å². The number of benzene rings is 2. The number of carbonyl (C=O) groups is 1. The molecular formula is C19H17ClN2O2S. The van der Waals surface area contributed by atoms with Gasteiger partial charge in [-0.2, -0.15) is 5.10 Å². The standard InChI is InChI=1S/C19H17ClN2O2S/c1-13-3-7-16(8-4-13)22-18(11-19(20)21-22)15-5-9-17(10-6-15)25-12-24-14(2)23/h3-11H,12H2,1-2H3. The van der Waals surface area contributed by atoms with Crippen LogP contribution in [-0.4, -0.2) is 21.7 Å². The summed E-state index contributed by atoms with van der Waals surface area (Å²) in [5.74, 6) is 0.0303. The van der Waals surface area contributed by atoms with Gasteiger partial charge in [0.1, 0.15) is 5.94 Å². The van der Waals surface area contributed by atoms with E-state index in [1.54, 1.807) is 0 Å². The Bertz CT molecular complexity index is 873. The van der Waals surface area contributed by atoms with Crippen LogP contribution in [0.2, 0.25) is 5.15 Å². The average molecular weight is 373 g/mol. The van der Waals surface area contributed by atoms with Crippen molar-refractivity contribution >= 4 is 29.3 Å². The van der Waals surface area contributed by atoms with Gasteiger partial charge >= 0.3 is 5.97 Å². The lowest BCUT2D eigenvalue weighted by molar-refractivity contribution is -0.138. The molecule has 0 saturated carbocycles. The minimum Gasteiger partial charge on any atom is -0.454 e. The van der Waals surface area contributed by atoms with E-state index in [4.69, 9.17) is 16.3 Å². The summed E-state index contributed by atoms with van der Waals surface area (Å²) in [6.45, 7) is 3.45. The molecule has 0 unspecified atom stereocenters. The first-order chi connectivity index (χ1) is 12.0. The minimum absolute atomic E-state index is 0.277. The van der Waals surface area contributed by atoms with Gasteiger partial charge in [0, 0.05) is 23.4 Å². The number of carbonyl (C=O) groups excluding carboxylic acids is 1. The van der Waals surface area contributed by atoms with Gasteiger partial charge in [-0.05, 0) is 31.2 Å². The predicted octanol–water partition coefficient (Wildman–Crippen LogP) is 5.11. The van der Waals surface area contributed by atoms with E-state index in [-0.39, 0.29) is 5.97 Å². The molecule has 128 valence electrons. The number of aryl methyl sites for hydroxylation is 1. The summed E-state index contributed by atoms with van der Waals surface area (Å²) in [6, 6.07) is 18.0. The summed E-state index contributed by atoms with van der Waals surface area (Å²) < 4.78 is 6.78. The first-order valence-corrected chi connectivity index (χ1v) is 9.08. The number of nitrogens with zero attached hydrogens (tertiary/aromatic N) is 2. The Morgan fingerprint density at radius 1 is 1.16 bits per heavy atom. The van der Waals surface area contributed by atoms with Crippen LogP contribution < -0.4 is 0 Å². The topological polar surface area (TPSA) is 44.1 Å². The van der Waals surface area contributed by atoms with Crippen LogP contribution in [0.15, 0.2) is 59.5 Å². The molecule has 0 radical (unpaired) electrons. The van der Waals surface area contributed by atoms with Crippen molar-refractivity contribution in [2.45, 2.75) is 18.7 Å². The normalized spacial score (nSPS) is 10.7. The molecule has 0 atom stereocenters. The highest BCUT2D eigenvalue weighted by Crippen LogP contribution is 2.28. The molecule has 1 heterocycles. The van der Waals surface area contributed by atoms with Crippen LogP contribution in [0.25, 0.3) is 16.9 Å². The Hall–Kier alpha value is -2.24. The zero-order valence-corrected chi connectivity index (χ0v) is 15.5. The van der Waals surface area contributed by atoms with Crippen LogP contribution in [0.5, 0.6) is 0 Å². The Balaban J connectivity index is 1.84. The summed E-state index contributed by atoms with van der Waals surface area (Å²) in [5, 5.41) is 4.85. The maximum absolute atomic E-state index is 10.8. The van der Waals surface area contributed by atoms with E-state index >= 15 is 0 Å². The van der Waals surface area contributed by atoms with Gasteiger partial charge in [-0.1, -0.05) is 53.2 Å². The second-order valence-corrected chi connectivity index (χ2v) is 6.91. The zero-order valence-electron chi connectivity index (χ0n) is 13.9. The Morgan fingerprint density at radius 2 is 1.84 bits per heavy atom. The van der Waals surface area contributed by atoms with E-state index in [1.807, 2.05) is 66.2 Å². The van der Waals surface area contributed by atoms with Gasteiger partial charge < -0.3 is 4.74 Å². The number of halogens is 1. The highest BCUT2D eigenvalue weighted by atomic mass is 35.5. The Morgan fingerprint density at radius 3 is 2.48 bits per heavy atom. The molecule has 0 bridgehead atoms. The van der Waals surface area contributed by atoms with E-state index in [9.17, 15) is 4.79 Å². The van der Waals surface area contributed by atoms with E-state index in [1.165, 1.54) is 24.2 Å². The van der Waals surface area contributed by atoms with Gasteiger partial charge in [-0.3, -0.25) is 4.79 Å². The van der Waals surface area contributed by atoms with Crippen molar-refractivity contribution in [1.29, 1.82) is 0 Å². The number of rotatable bonds is 5. The fourth-order valence-electron chi connectivity index (χ4n) is 2.34. The summed E-state index contributed by atoms with van der Waals surface area (Å²) in [7, 11) is 0. The van der Waals surface area contributed by atoms with Crippen LogP contribution in [0.3, 0.4) is 0 Å². The monoisotopic (exact) mass is 372 g/mol. The maximum Gasteiger partial charge on any atom is 0.303 e. The Labute approximate surface area is 155 Å². The number of aromatic nitrogens is 2. The number of esters is 1. The fourth-order valence-corrected chi connectivity index (χ4v) is 3.21. The molecule has 6 heteroatoms. The molecule has 0 fully saturated rings. The zero-order chi connectivity index (χ0) is 17.8. The smallest absolute Gasteiger partial charge is 0.303 e. The largest absolute Gasteiger partial charge is 0.454 e. The van der Waals surface area contributed by atoms with Crippen LogP contribution in [0, 0.1) is 6.92 Å². The van der Waals surface area contributed by atoms with Gasteiger partial charge in [0.15, 0.2) is 5.15 Å². The van der Waals surface area contributed by atoms with Crippen LogP contribution in [-0.2, 0) is 9.53 Å². The summed E-state index contributed by atoms with van der Waals surface area (Å²) in [6.07, 6.45) is 0. The van der Waals surface area contributed by atoms with Gasteiger partial charge in [-0.25, -0.2) is 4.68 Å². The second kappa shape index (κ2) is 7.76. The van der Waals surface area contributed by atoms with Crippen molar-refractivity contribution in [3.05, 3.63) is 65.3 Å². The third-order valence-electron chi connectivity index (χ3n) is 3.60. The van der Waals surface area contributed by atoms with Gasteiger partial charge in [-0.15, -0.1) is 0 Å². The lowest BCUT2D eigenvalue weighted by Gasteiger charge is -2.09. The quantitative estimate of drug-likeness (QED) is 0.354. The van der Waals surface area contributed by atoms with E-state index in [0.29, 0.717) is 11.1 Å². The summed E-state index contributed by atoms with van der Waals surface area (Å²) >= 11 is 7.61. The maximum atomic E-state index is 10.8. The molecule has 0 aliphatic rings. The van der Waals surface area contributed by atoms with Gasteiger partial charge in [0.05, 0.1) is 11.4 Å². The van der Waals surface area contributed by atoms with Crippen LogP contribution in [0.1, 0.15) is 12.5 Å². The molecule has 0 amide bonds. The lowest BCUT2D eigenvalue weighted by atomic mass is 10.1. The van der Waals surface area contributed by atoms with Crippen molar-refractivity contribution in [2.75, 3.05) is 5.94 Å². The van der Waals surface area contributed by atoms with Crippen molar-refractivity contribution in [2.24, 2.45) is 0 Å². The minimum atomic E-state index is -0.277. The summed E-state index contributed by atoms with van der Waals surface area (Å²) in [5.41, 5.74) is 4.08. The second-order valence-electron chi connectivity index (χ2n) is 5.52. The molecule has 2 aromatic carbocycles. The molecule has 4 nitrogen and oxygen atoms in total. The van der Waals surface area contributed by atoms with Crippen molar-refractivity contribution in [3.8, 4) is 16.9 Å². The molecular weight excluding hydrogens is 356 g/mol. The van der Waals surface area contributed by atoms with Gasteiger partial charge in [0.2, 0.25) is 0 Å². The molecule has 0 spiro atoms. The number of hydrogen-bond donors (Lipinski definition) is 0. The molecule has 0 saturated heterocycles. The van der Waals surface area contributed by atoms with Gasteiger partial charge in [0.25, 0.3) is 0 Å². The molecule has 3 aromatic rings. The molecule has 0 aliphatic carbocycles. The molecule has 25 heavy (non-hydrogen) atoms. The van der Waals surface area contributed by atoms with E-state index < -0.39 is 0 Å². The lowest BCUT2D eigenvalue weighted by Crippen LogP contribution is -1.99. The third-order valence-corrected chi connectivity index (χ3v) is 4.62. The first kappa shape index (κ1) is 17.6. The van der Waals surface area contributed by atoms with Crippen LogP contribution in [0.4, 0.5) is 0 Å². The number of thioether (sulfide) groups is 1. The molecule has 0 aliphatic heterocycles. The van der Waals surface area contributed by atoms with E-state index in [0.717, 1.165) is 21.8 Å². The number of hydrogen-bond acceptors (Lipinski definition) is 4. The predicted molar refractivity (Wildman–Crippen MR) is 101 cm³/mol. The molecule has 3 rings (SSSR count). The molecule has 0 N–H and O–H groups in total. The third kappa shape index (κ3) is 4.44. The number of ether oxygens (including phenoxy) is 1. The van der Waals surface area contributed by atoms with Crippen molar-refractivity contribution in [1.82, 2.24) is 9.78 Å². The molecule has 1 aromatic heterocycles.